The molecule has 1 atom stereocenters. The molecular weight excluding hydrogens is 264 g/mol. The van der Waals surface area contributed by atoms with E-state index < -0.39 is 0 Å². The van der Waals surface area contributed by atoms with Crippen molar-refractivity contribution in [3.05, 3.63) is 71.8 Å². The Hall–Kier alpha value is -2.33. The molecule has 108 valence electrons. The average molecular weight is 282 g/mol. The van der Waals surface area contributed by atoms with Crippen LogP contribution in [0.4, 0.5) is 4.79 Å². The molecule has 1 aliphatic rings. The van der Waals surface area contributed by atoms with Crippen molar-refractivity contribution < 1.29 is 9.53 Å². The molecule has 0 aromatic heterocycles. The van der Waals surface area contributed by atoms with Crippen molar-refractivity contribution in [2.24, 2.45) is 0 Å². The second kappa shape index (κ2) is 6.41. The molecular formula is C17H18N2O2. The highest BCUT2D eigenvalue weighted by molar-refractivity contribution is 5.74. The van der Waals surface area contributed by atoms with Gasteiger partial charge in [0.25, 0.3) is 0 Å². The molecule has 1 N–H and O–H groups in total. The number of hydrogen-bond acceptors (Lipinski definition) is 2. The van der Waals surface area contributed by atoms with Crippen LogP contribution in [-0.4, -0.2) is 24.1 Å². The number of nitrogens with one attached hydrogen (secondary N) is 1. The molecule has 0 bridgehead atoms. The first-order valence-corrected chi connectivity index (χ1v) is 7.09. The summed E-state index contributed by atoms with van der Waals surface area (Å²) in [7, 11) is 0. The molecule has 0 saturated carbocycles. The SMILES string of the molecule is O=C(NCc1ccccc1)N1CCOC1c1ccccc1. The lowest BCUT2D eigenvalue weighted by Gasteiger charge is -2.23. The van der Waals surface area contributed by atoms with Gasteiger partial charge in [0.1, 0.15) is 0 Å². The monoisotopic (exact) mass is 282 g/mol. The summed E-state index contributed by atoms with van der Waals surface area (Å²) >= 11 is 0. The van der Waals surface area contributed by atoms with E-state index in [1.807, 2.05) is 60.7 Å². The van der Waals surface area contributed by atoms with Crippen LogP contribution in [0, 0.1) is 0 Å². The molecule has 1 aliphatic heterocycles. The second-order valence-corrected chi connectivity index (χ2v) is 4.97. The molecule has 2 aromatic carbocycles. The fourth-order valence-electron chi connectivity index (χ4n) is 2.45. The maximum Gasteiger partial charge on any atom is 0.320 e. The van der Waals surface area contributed by atoms with Crippen molar-refractivity contribution in [1.82, 2.24) is 10.2 Å². The zero-order chi connectivity index (χ0) is 14.5. The van der Waals surface area contributed by atoms with E-state index in [4.69, 9.17) is 4.74 Å². The van der Waals surface area contributed by atoms with Gasteiger partial charge in [-0.15, -0.1) is 0 Å². The van der Waals surface area contributed by atoms with Gasteiger partial charge in [-0.2, -0.15) is 0 Å². The summed E-state index contributed by atoms with van der Waals surface area (Å²) in [4.78, 5) is 14.1. The summed E-state index contributed by atoms with van der Waals surface area (Å²) < 4.78 is 5.69. The highest BCUT2D eigenvalue weighted by Gasteiger charge is 2.30. The van der Waals surface area contributed by atoms with Crippen LogP contribution in [0.5, 0.6) is 0 Å². The van der Waals surface area contributed by atoms with Gasteiger partial charge in [0, 0.05) is 18.7 Å². The molecule has 0 aliphatic carbocycles. The number of hydrogen-bond donors (Lipinski definition) is 1. The number of benzene rings is 2. The lowest BCUT2D eigenvalue weighted by molar-refractivity contribution is 0.0489. The van der Waals surface area contributed by atoms with Crippen LogP contribution in [0.15, 0.2) is 60.7 Å². The Morgan fingerprint density at radius 1 is 1.10 bits per heavy atom. The van der Waals surface area contributed by atoms with Crippen molar-refractivity contribution in [2.45, 2.75) is 12.8 Å². The summed E-state index contributed by atoms with van der Waals surface area (Å²) in [5.74, 6) is 0. The Balaban J connectivity index is 1.64. The Morgan fingerprint density at radius 2 is 1.76 bits per heavy atom. The van der Waals surface area contributed by atoms with Crippen molar-refractivity contribution in [1.29, 1.82) is 0 Å². The van der Waals surface area contributed by atoms with Gasteiger partial charge in [0.15, 0.2) is 6.23 Å². The van der Waals surface area contributed by atoms with Gasteiger partial charge in [0.2, 0.25) is 0 Å². The van der Waals surface area contributed by atoms with Crippen molar-refractivity contribution in [3.63, 3.8) is 0 Å². The second-order valence-electron chi connectivity index (χ2n) is 4.97. The van der Waals surface area contributed by atoms with E-state index in [9.17, 15) is 4.79 Å². The number of nitrogens with zero attached hydrogens (tertiary/aromatic N) is 1. The van der Waals surface area contributed by atoms with E-state index in [0.717, 1.165) is 11.1 Å². The zero-order valence-electron chi connectivity index (χ0n) is 11.7. The van der Waals surface area contributed by atoms with Gasteiger partial charge in [0.05, 0.1) is 6.61 Å². The smallest absolute Gasteiger partial charge is 0.320 e. The Kier molecular flexibility index (Phi) is 4.17. The Morgan fingerprint density at radius 3 is 2.48 bits per heavy atom. The molecule has 4 nitrogen and oxygen atoms in total. The van der Waals surface area contributed by atoms with Crippen LogP contribution < -0.4 is 5.32 Å². The number of carbonyl (C=O) groups is 1. The summed E-state index contributed by atoms with van der Waals surface area (Å²) in [5.41, 5.74) is 2.09. The average Bonchev–Trinajstić information content (AvgIpc) is 3.04. The van der Waals surface area contributed by atoms with Crippen molar-refractivity contribution >= 4 is 6.03 Å². The molecule has 1 saturated heterocycles. The fraction of sp³-hybridized carbons (Fsp3) is 0.235. The molecule has 3 rings (SSSR count). The van der Waals surface area contributed by atoms with Crippen LogP contribution in [-0.2, 0) is 11.3 Å². The quantitative estimate of drug-likeness (QED) is 0.940. The summed E-state index contributed by atoms with van der Waals surface area (Å²) in [5, 5.41) is 2.95. The number of rotatable bonds is 3. The van der Waals surface area contributed by atoms with E-state index in [2.05, 4.69) is 5.32 Å². The van der Waals surface area contributed by atoms with Gasteiger partial charge in [-0.25, -0.2) is 4.79 Å². The lowest BCUT2D eigenvalue weighted by atomic mass is 10.2. The van der Waals surface area contributed by atoms with E-state index in [-0.39, 0.29) is 12.3 Å². The number of carbonyl (C=O) groups excluding carboxylic acids is 1. The molecule has 2 amide bonds. The van der Waals surface area contributed by atoms with E-state index in [1.165, 1.54) is 0 Å². The highest BCUT2D eigenvalue weighted by Crippen LogP contribution is 2.26. The number of amides is 2. The molecule has 1 fully saturated rings. The first-order chi connectivity index (χ1) is 10.3. The van der Waals surface area contributed by atoms with Gasteiger partial charge >= 0.3 is 6.03 Å². The summed E-state index contributed by atoms with van der Waals surface area (Å²) in [6.07, 6.45) is -0.290. The first kappa shape index (κ1) is 13.6. The van der Waals surface area contributed by atoms with Crippen molar-refractivity contribution in [3.8, 4) is 0 Å². The third kappa shape index (κ3) is 3.23. The predicted octanol–water partition coefficient (Wildman–Crippen LogP) is 2.93. The third-order valence-electron chi connectivity index (χ3n) is 3.52. The van der Waals surface area contributed by atoms with Crippen LogP contribution in [0.1, 0.15) is 17.4 Å². The maximum atomic E-state index is 12.3. The van der Waals surface area contributed by atoms with Crippen LogP contribution in [0.3, 0.4) is 0 Å². The molecule has 0 radical (unpaired) electrons. The van der Waals surface area contributed by atoms with Gasteiger partial charge < -0.3 is 10.1 Å². The third-order valence-corrected chi connectivity index (χ3v) is 3.52. The normalized spacial score (nSPS) is 17.7. The molecule has 1 unspecified atom stereocenters. The van der Waals surface area contributed by atoms with E-state index >= 15 is 0 Å². The summed E-state index contributed by atoms with van der Waals surface area (Å²) in [6.45, 7) is 1.70. The minimum Gasteiger partial charge on any atom is -0.352 e. The molecule has 0 spiro atoms. The zero-order valence-corrected chi connectivity index (χ0v) is 11.7. The van der Waals surface area contributed by atoms with Gasteiger partial charge in [-0.1, -0.05) is 60.7 Å². The highest BCUT2D eigenvalue weighted by atomic mass is 16.5. The molecule has 21 heavy (non-hydrogen) atoms. The lowest BCUT2D eigenvalue weighted by Crippen LogP contribution is -2.39. The Labute approximate surface area is 124 Å². The first-order valence-electron chi connectivity index (χ1n) is 7.09. The van der Waals surface area contributed by atoms with E-state index in [1.54, 1.807) is 4.90 Å². The van der Waals surface area contributed by atoms with Gasteiger partial charge in [-0.3, -0.25) is 4.90 Å². The largest absolute Gasteiger partial charge is 0.352 e. The topological polar surface area (TPSA) is 41.6 Å². The maximum absolute atomic E-state index is 12.3. The predicted molar refractivity (Wildman–Crippen MR) is 80.5 cm³/mol. The minimum absolute atomic E-state index is 0.0924. The molecule has 1 heterocycles. The molecule has 2 aromatic rings. The molecule has 4 heteroatoms. The van der Waals surface area contributed by atoms with Crippen molar-refractivity contribution in [2.75, 3.05) is 13.2 Å². The fourth-order valence-corrected chi connectivity index (χ4v) is 2.45. The van der Waals surface area contributed by atoms with Gasteiger partial charge in [-0.05, 0) is 5.56 Å². The van der Waals surface area contributed by atoms with E-state index in [0.29, 0.717) is 19.7 Å². The van der Waals surface area contributed by atoms with Crippen LogP contribution >= 0.6 is 0 Å². The van der Waals surface area contributed by atoms with Crippen LogP contribution in [0.25, 0.3) is 0 Å². The number of ether oxygens (including phenoxy) is 1. The standard InChI is InChI=1S/C17H18N2O2/c20-17(18-13-14-7-3-1-4-8-14)19-11-12-21-16(19)15-9-5-2-6-10-15/h1-10,16H,11-13H2,(H,18,20). The minimum atomic E-state index is -0.290. The summed E-state index contributed by atoms with van der Waals surface area (Å²) in [6, 6.07) is 19.6. The Bertz CT molecular complexity index is 586. The number of urea groups is 1. The van der Waals surface area contributed by atoms with Crippen LogP contribution in [0.2, 0.25) is 0 Å².